The summed E-state index contributed by atoms with van der Waals surface area (Å²) in [5.41, 5.74) is 0.808. The van der Waals surface area contributed by atoms with E-state index in [0.29, 0.717) is 10.0 Å². The van der Waals surface area contributed by atoms with E-state index in [0.717, 1.165) is 0 Å². The molecule has 0 nitrogen and oxygen atoms in total. The molecule has 2 rings (SSSR count). The van der Waals surface area contributed by atoms with Gasteiger partial charge in [-0.15, -0.1) is 0 Å². The molecule has 0 fully saturated rings. The molecular formula is C12H9Br. The lowest BCUT2D eigenvalue weighted by atomic mass is 10.1. The maximum atomic E-state index is 7.88. The Bertz CT molecular complexity index is 595. The van der Waals surface area contributed by atoms with E-state index in [1.807, 2.05) is 6.07 Å². The molecule has 0 aromatic heterocycles. The summed E-state index contributed by atoms with van der Waals surface area (Å²) >= 11 is 3.33. The Morgan fingerprint density at radius 1 is 1.00 bits per heavy atom. The van der Waals surface area contributed by atoms with Crippen molar-refractivity contribution in [2.45, 2.75) is 0 Å². The molecule has 2 aromatic carbocycles. The summed E-state index contributed by atoms with van der Waals surface area (Å²) in [6, 6.07) is 5.68. The molecular weight excluding hydrogens is 224 g/mol. The highest BCUT2D eigenvalue weighted by Gasteiger charge is 1.99. The van der Waals surface area contributed by atoms with Crippen molar-refractivity contribution in [3.63, 3.8) is 0 Å². The van der Waals surface area contributed by atoms with Crippen LogP contribution < -0.4 is 0 Å². The third kappa shape index (κ3) is 1.81. The van der Waals surface area contributed by atoms with Gasteiger partial charge in [0.15, 0.2) is 0 Å². The third-order valence-corrected chi connectivity index (χ3v) is 2.33. The summed E-state index contributed by atoms with van der Waals surface area (Å²) in [4.78, 5) is 0. The summed E-state index contributed by atoms with van der Waals surface area (Å²) < 4.78 is 39.3. The van der Waals surface area contributed by atoms with Crippen molar-refractivity contribution in [2.24, 2.45) is 0 Å². The lowest BCUT2D eigenvalue weighted by molar-refractivity contribution is 1.58. The molecule has 0 saturated carbocycles. The van der Waals surface area contributed by atoms with Crippen molar-refractivity contribution in [1.82, 2.24) is 0 Å². The van der Waals surface area contributed by atoms with Crippen molar-refractivity contribution in [2.75, 3.05) is 0 Å². The Morgan fingerprint density at radius 2 is 1.69 bits per heavy atom. The Hall–Kier alpha value is -1.08. The predicted octanol–water partition coefficient (Wildman–Crippen LogP) is 4.12. The predicted molar refractivity (Wildman–Crippen MR) is 59.6 cm³/mol. The molecule has 0 radical (unpaired) electrons. The Labute approximate surface area is 93.4 Å². The number of halogens is 1. The van der Waals surface area contributed by atoms with Gasteiger partial charge in [0.25, 0.3) is 0 Å². The van der Waals surface area contributed by atoms with Gasteiger partial charge < -0.3 is 0 Å². The van der Waals surface area contributed by atoms with Gasteiger partial charge >= 0.3 is 0 Å². The first-order chi connectivity index (χ1) is 8.45. The highest BCUT2D eigenvalue weighted by atomic mass is 79.9. The molecule has 0 saturated heterocycles. The van der Waals surface area contributed by atoms with E-state index in [1.54, 1.807) is 18.2 Å². The van der Waals surface area contributed by atoms with E-state index in [9.17, 15) is 0 Å². The van der Waals surface area contributed by atoms with Crippen LogP contribution >= 0.6 is 15.9 Å². The fourth-order valence-corrected chi connectivity index (χ4v) is 1.53. The van der Waals surface area contributed by atoms with Crippen LogP contribution in [0.4, 0.5) is 0 Å². The zero-order chi connectivity index (χ0) is 13.4. The molecule has 64 valence electrons. The summed E-state index contributed by atoms with van der Waals surface area (Å²) in [7, 11) is 0. The van der Waals surface area contributed by atoms with Crippen molar-refractivity contribution >= 4 is 15.9 Å². The first kappa shape index (κ1) is 4.43. The molecule has 0 heterocycles. The lowest BCUT2D eigenvalue weighted by Crippen LogP contribution is -1.77. The SMILES string of the molecule is [3H]c1c([3H])c([3H])c(-c2ccccc2Br)c([3H])c1[3H]. The third-order valence-electron chi connectivity index (χ3n) is 1.64. The largest absolute Gasteiger partial charge is 0.0629 e. The summed E-state index contributed by atoms with van der Waals surface area (Å²) in [6.07, 6.45) is 0. The monoisotopic (exact) mass is 242 g/mol. The minimum absolute atomic E-state index is 0.187. The van der Waals surface area contributed by atoms with E-state index in [4.69, 9.17) is 6.85 Å². The van der Waals surface area contributed by atoms with Gasteiger partial charge in [0, 0.05) is 4.47 Å². The summed E-state index contributed by atoms with van der Waals surface area (Å²) in [5, 5.41) is 0. The van der Waals surface area contributed by atoms with E-state index in [1.165, 1.54) is 0 Å². The van der Waals surface area contributed by atoms with E-state index in [2.05, 4.69) is 15.9 Å². The maximum Gasteiger partial charge on any atom is 0.0629 e. The Balaban J connectivity index is 2.85. The van der Waals surface area contributed by atoms with Gasteiger partial charge in [0.1, 0.15) is 0 Å². The van der Waals surface area contributed by atoms with Gasteiger partial charge in [-0.05, 0) is 17.2 Å². The number of rotatable bonds is 1. The first-order valence-electron chi connectivity index (χ1n) is 6.27. The Kier molecular flexibility index (Phi) is 1.28. The first-order valence-corrected chi connectivity index (χ1v) is 4.56. The number of benzene rings is 2. The van der Waals surface area contributed by atoms with Gasteiger partial charge in [-0.25, -0.2) is 0 Å². The fourth-order valence-electron chi connectivity index (χ4n) is 1.05. The van der Waals surface area contributed by atoms with Crippen LogP contribution in [0.2, 0.25) is 0 Å². The van der Waals surface area contributed by atoms with Crippen LogP contribution in [0.15, 0.2) is 59.0 Å². The van der Waals surface area contributed by atoms with E-state index in [-0.39, 0.29) is 35.8 Å². The molecule has 1 heteroatoms. The van der Waals surface area contributed by atoms with Crippen molar-refractivity contribution in [1.29, 1.82) is 0 Å². The molecule has 13 heavy (non-hydrogen) atoms. The van der Waals surface area contributed by atoms with Crippen LogP contribution in [0, 0.1) is 0 Å². The van der Waals surface area contributed by atoms with Crippen molar-refractivity contribution in [3.05, 3.63) is 59.0 Å². The molecule has 0 aliphatic heterocycles. The van der Waals surface area contributed by atoms with E-state index < -0.39 is 0 Å². The van der Waals surface area contributed by atoms with Gasteiger partial charge in [0.05, 0.1) is 6.85 Å². The zero-order valence-corrected chi connectivity index (χ0v) is 8.27. The van der Waals surface area contributed by atoms with E-state index >= 15 is 0 Å². The van der Waals surface area contributed by atoms with Gasteiger partial charge in [-0.2, -0.15) is 0 Å². The minimum Gasteiger partial charge on any atom is -0.0622 e. The fraction of sp³-hybridized carbons (Fsp3) is 0. The molecule has 0 atom stereocenters. The molecule has 0 unspecified atom stereocenters. The molecule has 0 N–H and O–H groups in total. The van der Waals surface area contributed by atoms with Crippen LogP contribution in [0.5, 0.6) is 0 Å². The highest BCUT2D eigenvalue weighted by Crippen LogP contribution is 2.27. The van der Waals surface area contributed by atoms with Gasteiger partial charge in [-0.1, -0.05) is 64.3 Å². The Morgan fingerprint density at radius 3 is 2.38 bits per heavy atom. The summed E-state index contributed by atoms with van der Waals surface area (Å²) in [6.45, 7) is 0. The van der Waals surface area contributed by atoms with Crippen molar-refractivity contribution < 1.29 is 6.85 Å². The van der Waals surface area contributed by atoms with Crippen LogP contribution in [0.25, 0.3) is 11.1 Å². The molecule has 2 aromatic rings. The topological polar surface area (TPSA) is 0 Å². The maximum absolute atomic E-state index is 7.88. The lowest BCUT2D eigenvalue weighted by Gasteiger charge is -2.02. The molecule has 0 aliphatic rings. The molecule has 0 aliphatic carbocycles. The zero-order valence-electron chi connectivity index (χ0n) is 11.7. The quantitative estimate of drug-likeness (QED) is 0.706. The minimum atomic E-state index is -0.374. The summed E-state index contributed by atoms with van der Waals surface area (Å²) in [5.74, 6) is 0. The molecule has 0 amide bonds. The van der Waals surface area contributed by atoms with Crippen LogP contribution in [0.1, 0.15) is 6.85 Å². The molecule has 0 bridgehead atoms. The average molecular weight is 243 g/mol. The van der Waals surface area contributed by atoms with Crippen LogP contribution in [-0.2, 0) is 0 Å². The van der Waals surface area contributed by atoms with Gasteiger partial charge in [-0.3, -0.25) is 0 Å². The molecule has 0 spiro atoms. The standard InChI is InChI=1S/C12H9Br/c13-12-9-5-4-8-11(12)10-6-2-1-3-7-10/h1-9H/i1T,2T,3T,6T,7T. The highest BCUT2D eigenvalue weighted by molar-refractivity contribution is 9.10. The number of hydrogen-bond donors (Lipinski definition) is 0. The average Bonchev–Trinajstić information content (AvgIpc) is 2.36. The number of hydrogen-bond acceptors (Lipinski definition) is 0. The normalized spacial score (nSPS) is 15.3. The smallest absolute Gasteiger partial charge is 0.0622 e. The second-order valence-corrected chi connectivity index (χ2v) is 3.33. The van der Waals surface area contributed by atoms with Crippen LogP contribution in [-0.4, -0.2) is 0 Å². The van der Waals surface area contributed by atoms with Crippen LogP contribution in [0.3, 0.4) is 0 Å². The van der Waals surface area contributed by atoms with Crippen molar-refractivity contribution in [3.8, 4) is 11.1 Å². The van der Waals surface area contributed by atoms with Gasteiger partial charge in [0.2, 0.25) is 0 Å². The second-order valence-electron chi connectivity index (χ2n) is 2.48. The second kappa shape index (κ2) is 3.75.